The van der Waals surface area contributed by atoms with Crippen molar-refractivity contribution in [2.45, 2.75) is 20.4 Å². The number of carbonyl (C=O) groups is 1. The molecule has 0 bridgehead atoms. The molecule has 0 saturated carbocycles. The Hall–Kier alpha value is -4.12. The van der Waals surface area contributed by atoms with Crippen molar-refractivity contribution in [2.24, 2.45) is 12.1 Å². The highest BCUT2D eigenvalue weighted by Crippen LogP contribution is 2.28. The van der Waals surface area contributed by atoms with E-state index in [0.29, 0.717) is 49.8 Å². The second kappa shape index (κ2) is 12.7. The number of aromatic nitrogens is 2. The molecular formula is C28H25Cl2N5O2. The zero-order chi connectivity index (χ0) is 26.9. The van der Waals surface area contributed by atoms with Gasteiger partial charge in [0, 0.05) is 22.7 Å². The first kappa shape index (κ1) is 27.5. The van der Waals surface area contributed by atoms with Crippen LogP contribution in [0.1, 0.15) is 25.0 Å². The van der Waals surface area contributed by atoms with Crippen molar-refractivity contribution in [3.8, 4) is 28.3 Å². The van der Waals surface area contributed by atoms with Crippen molar-refractivity contribution in [2.75, 3.05) is 0 Å². The quantitative estimate of drug-likeness (QED) is 0.268. The Kier molecular flexibility index (Phi) is 9.45. The number of nitriles is 1. The van der Waals surface area contributed by atoms with Crippen molar-refractivity contribution in [3.63, 3.8) is 0 Å². The highest BCUT2D eigenvalue weighted by atomic mass is 35.5. The van der Waals surface area contributed by atoms with Crippen molar-refractivity contribution in [1.82, 2.24) is 14.8 Å². The predicted octanol–water partition coefficient (Wildman–Crippen LogP) is 5.34. The van der Waals surface area contributed by atoms with Crippen molar-refractivity contribution >= 4 is 29.6 Å². The molecule has 1 aromatic heterocycles. The van der Waals surface area contributed by atoms with Crippen molar-refractivity contribution in [3.05, 3.63) is 110 Å². The third-order valence-corrected chi connectivity index (χ3v) is 6.00. The average molecular weight is 534 g/mol. The second-order valence-electron chi connectivity index (χ2n) is 7.64. The van der Waals surface area contributed by atoms with Gasteiger partial charge in [0.05, 0.1) is 23.7 Å². The van der Waals surface area contributed by atoms with Crippen LogP contribution in [0, 0.1) is 11.3 Å². The predicted molar refractivity (Wildman–Crippen MR) is 147 cm³/mol. The molecule has 4 rings (SSSR count). The minimum Gasteiger partial charge on any atom is -0.277 e. The van der Waals surface area contributed by atoms with Gasteiger partial charge in [-0.3, -0.25) is 14.3 Å². The zero-order valence-electron chi connectivity index (χ0n) is 20.6. The number of hydrogen-bond donors (Lipinski definition) is 1. The average Bonchev–Trinajstić information content (AvgIpc) is 2.93. The molecule has 1 N–H and O–H groups in total. The van der Waals surface area contributed by atoms with Crippen LogP contribution in [0.5, 0.6) is 0 Å². The normalized spacial score (nSPS) is 10.8. The summed E-state index contributed by atoms with van der Waals surface area (Å²) in [6, 6.07) is 23.0. The Morgan fingerprint density at radius 1 is 0.892 bits per heavy atom. The van der Waals surface area contributed by atoms with Crippen LogP contribution >= 0.6 is 23.2 Å². The Labute approximate surface area is 224 Å². The van der Waals surface area contributed by atoms with E-state index < -0.39 is 0 Å². The van der Waals surface area contributed by atoms with Gasteiger partial charge in [0.15, 0.2) is 5.49 Å². The molecule has 1 amide bonds. The number of benzene rings is 3. The highest BCUT2D eigenvalue weighted by Gasteiger charge is 2.20. The molecule has 1 heterocycles. The lowest BCUT2D eigenvalue weighted by atomic mass is 9.96. The van der Waals surface area contributed by atoms with Crippen LogP contribution in [0.25, 0.3) is 22.3 Å². The molecular weight excluding hydrogens is 509 g/mol. The number of halogens is 2. The summed E-state index contributed by atoms with van der Waals surface area (Å²) in [6.07, 6.45) is 0.462. The van der Waals surface area contributed by atoms with Crippen molar-refractivity contribution < 1.29 is 4.79 Å². The van der Waals surface area contributed by atoms with Gasteiger partial charge < -0.3 is 0 Å². The summed E-state index contributed by atoms with van der Waals surface area (Å²) in [4.78, 5) is 25.1. The summed E-state index contributed by atoms with van der Waals surface area (Å²) in [5, 5.41) is 14.5. The fourth-order valence-electron chi connectivity index (χ4n) is 3.79. The summed E-state index contributed by atoms with van der Waals surface area (Å²) in [7, 11) is 1.70. The highest BCUT2D eigenvalue weighted by molar-refractivity contribution is 6.31. The first-order valence-corrected chi connectivity index (χ1v) is 12.3. The van der Waals surface area contributed by atoms with Gasteiger partial charge in [-0.2, -0.15) is 10.4 Å². The topological polar surface area (TPSA) is 92.2 Å². The second-order valence-corrected chi connectivity index (χ2v) is 8.51. The maximum absolute atomic E-state index is 14.0. The number of hydrogen-bond acceptors (Lipinski definition) is 4. The van der Waals surface area contributed by atoms with Crippen LogP contribution in [-0.2, 0) is 18.4 Å². The van der Waals surface area contributed by atoms with Gasteiger partial charge in [-0.15, -0.1) is 0 Å². The van der Waals surface area contributed by atoms with Crippen molar-refractivity contribution in [1.29, 1.82) is 5.26 Å². The molecule has 0 aliphatic carbocycles. The van der Waals surface area contributed by atoms with E-state index in [4.69, 9.17) is 28.5 Å². The molecule has 0 unspecified atom stereocenters. The minimum absolute atomic E-state index is 0.214. The third-order valence-electron chi connectivity index (χ3n) is 5.49. The summed E-state index contributed by atoms with van der Waals surface area (Å²) in [5.41, 5.74) is 6.05. The molecule has 188 valence electrons. The van der Waals surface area contributed by atoms with Crippen LogP contribution in [0.3, 0.4) is 0 Å². The van der Waals surface area contributed by atoms with E-state index in [9.17, 15) is 9.59 Å². The van der Waals surface area contributed by atoms with E-state index in [-0.39, 0.29) is 12.1 Å². The van der Waals surface area contributed by atoms with E-state index in [2.05, 4.69) is 16.6 Å². The Balaban J connectivity index is 0.00000186. The molecule has 0 aliphatic rings. The van der Waals surface area contributed by atoms with E-state index in [1.165, 1.54) is 4.68 Å². The molecule has 9 heteroatoms. The van der Waals surface area contributed by atoms with Gasteiger partial charge in [0.2, 0.25) is 6.41 Å². The minimum atomic E-state index is -0.269. The number of rotatable bonds is 6. The molecule has 0 atom stereocenters. The van der Waals surface area contributed by atoms with Gasteiger partial charge in [-0.1, -0.05) is 73.4 Å². The first-order valence-electron chi connectivity index (χ1n) is 11.5. The lowest BCUT2D eigenvalue weighted by molar-refractivity contribution is -0.109. The fraction of sp³-hybridized carbons (Fsp3) is 0.143. The molecule has 0 fully saturated rings. The Morgan fingerprint density at radius 2 is 1.41 bits per heavy atom. The molecule has 37 heavy (non-hydrogen) atoms. The summed E-state index contributed by atoms with van der Waals surface area (Å²) in [5.74, 6) is 0. The molecule has 3 aromatic carbocycles. The lowest BCUT2D eigenvalue weighted by Gasteiger charge is -2.20. The van der Waals surface area contributed by atoms with E-state index in [1.807, 2.05) is 13.8 Å². The molecule has 4 aromatic rings. The maximum atomic E-state index is 14.0. The zero-order valence-corrected chi connectivity index (χ0v) is 22.1. The molecule has 0 aliphatic heterocycles. The number of amides is 1. The standard InChI is InChI=1S/C26H19Cl2N5O2.C2H6/c1-32-25(31-30-16-34)23(19-6-10-21(27)11-7-19)24(20-8-12-22(28)13-9-20)26(35)33(32)15-18-4-2-17(14-29)3-5-18;1-2/h2-13,16H,15H2,1H3,(H,30,34);1-2H3/b31-25-;. The fourth-order valence-corrected chi connectivity index (χ4v) is 4.04. The van der Waals surface area contributed by atoms with Gasteiger partial charge in [0.25, 0.3) is 5.56 Å². The molecule has 0 saturated heterocycles. The van der Waals surface area contributed by atoms with E-state index in [1.54, 1.807) is 84.5 Å². The monoisotopic (exact) mass is 533 g/mol. The molecule has 0 radical (unpaired) electrons. The molecule has 7 nitrogen and oxygen atoms in total. The third kappa shape index (κ3) is 6.18. The van der Waals surface area contributed by atoms with Crippen LogP contribution in [0.15, 0.2) is 82.7 Å². The van der Waals surface area contributed by atoms with Gasteiger partial charge in [-0.25, -0.2) is 10.1 Å². The van der Waals surface area contributed by atoms with Crippen LogP contribution in [-0.4, -0.2) is 15.8 Å². The lowest BCUT2D eigenvalue weighted by Crippen LogP contribution is -2.41. The largest absolute Gasteiger partial charge is 0.277 e. The van der Waals surface area contributed by atoms with Gasteiger partial charge in [0.1, 0.15) is 0 Å². The molecule has 0 spiro atoms. The van der Waals surface area contributed by atoms with Gasteiger partial charge >= 0.3 is 0 Å². The SMILES string of the molecule is CC.Cn1/c(=N\NC=O)c(-c2ccc(Cl)cc2)c(-c2ccc(Cl)cc2)c(=O)n1Cc1ccc(C#N)cc1. The van der Waals surface area contributed by atoms with Crippen LogP contribution in [0.2, 0.25) is 10.0 Å². The summed E-state index contributed by atoms with van der Waals surface area (Å²) in [6.45, 7) is 4.21. The van der Waals surface area contributed by atoms with E-state index in [0.717, 1.165) is 5.56 Å². The number of carbonyl (C=O) groups excluding carboxylic acids is 1. The van der Waals surface area contributed by atoms with Gasteiger partial charge in [-0.05, 0) is 53.1 Å². The first-order chi connectivity index (χ1) is 17.9. The van der Waals surface area contributed by atoms with Crippen LogP contribution in [0.4, 0.5) is 0 Å². The summed E-state index contributed by atoms with van der Waals surface area (Å²) < 4.78 is 3.12. The Morgan fingerprint density at radius 3 is 1.89 bits per heavy atom. The Bertz CT molecular complexity index is 1550. The number of nitrogens with zero attached hydrogens (tertiary/aromatic N) is 4. The van der Waals surface area contributed by atoms with Crippen LogP contribution < -0.4 is 16.5 Å². The maximum Gasteiger partial charge on any atom is 0.274 e. The summed E-state index contributed by atoms with van der Waals surface area (Å²) >= 11 is 12.2. The number of nitrogens with one attached hydrogen (secondary N) is 1. The van der Waals surface area contributed by atoms with E-state index >= 15 is 0 Å². The smallest absolute Gasteiger partial charge is 0.274 e.